The van der Waals surface area contributed by atoms with E-state index in [2.05, 4.69) is 4.98 Å². The second-order valence-electron chi connectivity index (χ2n) is 7.32. The molecule has 0 atom stereocenters. The van der Waals surface area contributed by atoms with Gasteiger partial charge in [-0.15, -0.1) is 11.3 Å². The number of nitrogens with zero attached hydrogens (tertiary/aromatic N) is 2. The number of rotatable bonds is 5. The van der Waals surface area contributed by atoms with Gasteiger partial charge in [0.15, 0.2) is 15.0 Å². The number of sulfone groups is 1. The number of hydrogen-bond donors (Lipinski definition) is 0. The molecule has 1 aromatic heterocycles. The van der Waals surface area contributed by atoms with Crippen molar-refractivity contribution in [2.45, 2.75) is 29.4 Å². The third-order valence-electron chi connectivity index (χ3n) is 5.28. The Bertz CT molecular complexity index is 1190. The van der Waals surface area contributed by atoms with Crippen molar-refractivity contribution in [1.82, 2.24) is 4.98 Å². The molecule has 10 heteroatoms. The van der Waals surface area contributed by atoms with Gasteiger partial charge in [-0.05, 0) is 42.7 Å². The monoisotopic (exact) mass is 502 g/mol. The normalized spacial score (nSPS) is 15.4. The first-order valence-corrected chi connectivity index (χ1v) is 12.7. The van der Waals surface area contributed by atoms with Crippen molar-refractivity contribution in [2.75, 3.05) is 18.0 Å². The summed E-state index contributed by atoms with van der Waals surface area (Å²) in [7, 11) is -4.09. The van der Waals surface area contributed by atoms with E-state index in [1.807, 2.05) is 16.3 Å². The summed E-state index contributed by atoms with van der Waals surface area (Å²) in [5.74, 6) is -2.10. The smallest absolute Gasteiger partial charge is 0.187 e. The molecule has 1 saturated heterocycles. The van der Waals surface area contributed by atoms with E-state index < -0.39 is 31.6 Å². The molecule has 164 valence electrons. The molecule has 0 amide bonds. The van der Waals surface area contributed by atoms with Crippen LogP contribution in [-0.2, 0) is 16.3 Å². The fourth-order valence-corrected chi connectivity index (χ4v) is 6.86. The van der Waals surface area contributed by atoms with Crippen LogP contribution in [0.4, 0.5) is 13.9 Å². The molecule has 2 heterocycles. The van der Waals surface area contributed by atoms with Crippen LogP contribution in [0.1, 0.15) is 24.1 Å². The number of piperidine rings is 1. The average Bonchev–Trinajstić information content (AvgIpc) is 3.18. The molecule has 4 rings (SSSR count). The Kier molecular flexibility index (Phi) is 6.53. The minimum Gasteiger partial charge on any atom is -0.348 e. The average molecular weight is 503 g/mol. The number of anilines is 1. The van der Waals surface area contributed by atoms with E-state index in [9.17, 15) is 17.2 Å². The molecule has 3 aromatic rings. The number of halogens is 4. The van der Waals surface area contributed by atoms with Gasteiger partial charge in [0.05, 0.1) is 10.9 Å². The second kappa shape index (κ2) is 9.02. The lowest BCUT2D eigenvalue weighted by atomic mass is 10.1. The van der Waals surface area contributed by atoms with E-state index in [0.717, 1.165) is 34.6 Å². The maximum absolute atomic E-state index is 14.0. The zero-order chi connectivity index (χ0) is 22.2. The van der Waals surface area contributed by atoms with Crippen LogP contribution < -0.4 is 4.90 Å². The van der Waals surface area contributed by atoms with E-state index in [0.29, 0.717) is 29.6 Å². The van der Waals surface area contributed by atoms with Crippen LogP contribution in [0.15, 0.2) is 46.7 Å². The summed E-state index contributed by atoms with van der Waals surface area (Å²) in [6, 6.07) is 8.42. The Morgan fingerprint density at radius 3 is 2.42 bits per heavy atom. The first-order valence-electron chi connectivity index (χ1n) is 9.57. The summed E-state index contributed by atoms with van der Waals surface area (Å²) in [5, 5.41) is 3.04. The van der Waals surface area contributed by atoms with Crippen molar-refractivity contribution in [3.63, 3.8) is 0 Å². The predicted molar refractivity (Wildman–Crippen MR) is 120 cm³/mol. The molecule has 4 nitrogen and oxygen atoms in total. The zero-order valence-corrected chi connectivity index (χ0v) is 19.3. The van der Waals surface area contributed by atoms with E-state index in [1.165, 1.54) is 11.3 Å². The number of benzene rings is 2. The highest BCUT2D eigenvalue weighted by Crippen LogP contribution is 2.32. The van der Waals surface area contributed by atoms with Gasteiger partial charge in [-0.25, -0.2) is 22.2 Å². The van der Waals surface area contributed by atoms with Gasteiger partial charge in [-0.2, -0.15) is 0 Å². The van der Waals surface area contributed by atoms with Crippen molar-refractivity contribution in [3.05, 3.63) is 74.7 Å². The highest BCUT2D eigenvalue weighted by atomic mass is 35.5. The van der Waals surface area contributed by atoms with Crippen molar-refractivity contribution in [1.29, 1.82) is 0 Å². The number of aromatic nitrogens is 1. The molecule has 1 fully saturated rings. The van der Waals surface area contributed by atoms with E-state index in [-0.39, 0.29) is 12.8 Å². The number of thiazole rings is 1. The standard InChI is InChI=1S/C21H18Cl2F2N2O2S2/c22-14-5-4-13(17(23)11-14)10-15-12-30-21(26-15)27-8-6-16(7-9-27)31(28,29)20-18(24)2-1-3-19(20)25/h1-5,11-12,16H,6-10H2. The van der Waals surface area contributed by atoms with Gasteiger partial charge >= 0.3 is 0 Å². The lowest BCUT2D eigenvalue weighted by Gasteiger charge is -2.31. The quantitative estimate of drug-likeness (QED) is 0.444. The fraction of sp³-hybridized carbons (Fsp3) is 0.286. The minimum absolute atomic E-state index is 0.272. The van der Waals surface area contributed by atoms with Gasteiger partial charge in [0.2, 0.25) is 0 Å². The SMILES string of the molecule is O=S(=O)(c1c(F)cccc1F)C1CCN(c2nc(Cc3ccc(Cl)cc3Cl)cs2)CC1. The van der Waals surface area contributed by atoms with Crippen LogP contribution in [0, 0.1) is 11.6 Å². The van der Waals surface area contributed by atoms with Gasteiger partial charge in [-0.3, -0.25) is 0 Å². The molecule has 1 aliphatic rings. The lowest BCUT2D eigenvalue weighted by molar-refractivity contribution is 0.497. The van der Waals surface area contributed by atoms with Gasteiger partial charge in [0.1, 0.15) is 16.5 Å². The third kappa shape index (κ3) is 4.72. The lowest BCUT2D eigenvalue weighted by Crippen LogP contribution is -2.39. The molecule has 0 radical (unpaired) electrons. The Hall–Kier alpha value is -1.74. The topological polar surface area (TPSA) is 50.3 Å². The number of hydrogen-bond acceptors (Lipinski definition) is 5. The molecule has 0 spiro atoms. The highest BCUT2D eigenvalue weighted by Gasteiger charge is 2.35. The van der Waals surface area contributed by atoms with Gasteiger partial charge in [-0.1, -0.05) is 35.3 Å². The maximum atomic E-state index is 14.0. The molecule has 1 aliphatic heterocycles. The highest BCUT2D eigenvalue weighted by molar-refractivity contribution is 7.92. The van der Waals surface area contributed by atoms with E-state index in [1.54, 1.807) is 12.1 Å². The first kappa shape index (κ1) is 22.5. The minimum atomic E-state index is -4.09. The Morgan fingerprint density at radius 2 is 1.77 bits per heavy atom. The van der Waals surface area contributed by atoms with Crippen molar-refractivity contribution in [2.24, 2.45) is 0 Å². The molecule has 0 N–H and O–H groups in total. The van der Waals surface area contributed by atoms with Crippen LogP contribution in [-0.4, -0.2) is 31.7 Å². The Morgan fingerprint density at radius 1 is 1.10 bits per heavy atom. The Labute approximate surface area is 193 Å². The zero-order valence-electron chi connectivity index (χ0n) is 16.2. The summed E-state index contributed by atoms with van der Waals surface area (Å²) >= 11 is 13.6. The molecular weight excluding hydrogens is 485 g/mol. The summed E-state index contributed by atoms with van der Waals surface area (Å²) < 4.78 is 53.6. The molecule has 0 aliphatic carbocycles. The van der Waals surface area contributed by atoms with Crippen LogP contribution in [0.2, 0.25) is 10.0 Å². The first-order chi connectivity index (χ1) is 14.8. The molecular formula is C21H18Cl2F2N2O2S2. The predicted octanol–water partition coefficient (Wildman–Crippen LogP) is 5.76. The van der Waals surface area contributed by atoms with Crippen LogP contribution >= 0.6 is 34.5 Å². The largest absolute Gasteiger partial charge is 0.348 e. The summed E-state index contributed by atoms with van der Waals surface area (Å²) in [5.41, 5.74) is 1.77. The van der Waals surface area contributed by atoms with Gasteiger partial charge in [0, 0.05) is 34.9 Å². The third-order valence-corrected chi connectivity index (χ3v) is 9.13. The summed E-state index contributed by atoms with van der Waals surface area (Å²) in [4.78, 5) is 5.82. The Balaban J connectivity index is 1.44. The molecule has 0 unspecified atom stereocenters. The van der Waals surface area contributed by atoms with Crippen molar-refractivity contribution >= 4 is 49.5 Å². The summed E-state index contributed by atoms with van der Waals surface area (Å²) in [6.07, 6.45) is 1.10. The molecule has 0 bridgehead atoms. The molecule has 2 aromatic carbocycles. The van der Waals surface area contributed by atoms with E-state index >= 15 is 0 Å². The summed E-state index contributed by atoms with van der Waals surface area (Å²) in [6.45, 7) is 0.878. The molecule has 31 heavy (non-hydrogen) atoms. The maximum Gasteiger partial charge on any atom is 0.187 e. The van der Waals surface area contributed by atoms with Crippen LogP contribution in [0.5, 0.6) is 0 Å². The van der Waals surface area contributed by atoms with Gasteiger partial charge in [0.25, 0.3) is 0 Å². The fourth-order valence-electron chi connectivity index (χ4n) is 3.66. The van der Waals surface area contributed by atoms with Crippen LogP contribution in [0.3, 0.4) is 0 Å². The molecule has 0 saturated carbocycles. The van der Waals surface area contributed by atoms with Crippen molar-refractivity contribution < 1.29 is 17.2 Å². The van der Waals surface area contributed by atoms with Crippen molar-refractivity contribution in [3.8, 4) is 0 Å². The van der Waals surface area contributed by atoms with Crippen LogP contribution in [0.25, 0.3) is 0 Å². The second-order valence-corrected chi connectivity index (χ2v) is 11.2. The van der Waals surface area contributed by atoms with Gasteiger partial charge < -0.3 is 4.90 Å². The van der Waals surface area contributed by atoms with E-state index in [4.69, 9.17) is 23.2 Å².